The van der Waals surface area contributed by atoms with Crippen molar-refractivity contribution in [3.63, 3.8) is 0 Å². The molecule has 0 radical (unpaired) electrons. The SMILES string of the molecule is O=C(NNc1ccc(S(=O)(=O)O)cc1)c1ccc(Cl)cc1. The predicted molar refractivity (Wildman–Crippen MR) is 78.8 cm³/mol. The lowest BCUT2D eigenvalue weighted by Crippen LogP contribution is -2.29. The first kappa shape index (κ1) is 15.3. The molecule has 110 valence electrons. The Balaban J connectivity index is 2.00. The molecule has 0 atom stereocenters. The monoisotopic (exact) mass is 326 g/mol. The summed E-state index contributed by atoms with van der Waals surface area (Å²) in [5.41, 5.74) is 5.96. The minimum absolute atomic E-state index is 0.225. The van der Waals surface area contributed by atoms with Gasteiger partial charge >= 0.3 is 0 Å². The van der Waals surface area contributed by atoms with Crippen molar-refractivity contribution in [1.29, 1.82) is 0 Å². The molecule has 0 aliphatic carbocycles. The van der Waals surface area contributed by atoms with Crippen LogP contribution in [0.4, 0.5) is 5.69 Å². The van der Waals surface area contributed by atoms with E-state index in [-0.39, 0.29) is 10.8 Å². The van der Waals surface area contributed by atoms with Crippen LogP contribution in [0.3, 0.4) is 0 Å². The summed E-state index contributed by atoms with van der Waals surface area (Å²) in [5.74, 6) is -0.370. The van der Waals surface area contributed by atoms with Crippen LogP contribution < -0.4 is 10.9 Å². The molecule has 0 saturated carbocycles. The molecule has 3 N–H and O–H groups in total. The highest BCUT2D eigenvalue weighted by atomic mass is 35.5. The largest absolute Gasteiger partial charge is 0.298 e. The zero-order valence-electron chi connectivity index (χ0n) is 10.6. The zero-order chi connectivity index (χ0) is 15.5. The van der Waals surface area contributed by atoms with Crippen LogP contribution >= 0.6 is 11.6 Å². The van der Waals surface area contributed by atoms with Crippen LogP contribution in [0.15, 0.2) is 53.4 Å². The summed E-state index contributed by atoms with van der Waals surface area (Å²) >= 11 is 5.72. The van der Waals surface area contributed by atoms with E-state index in [0.717, 1.165) is 0 Å². The number of halogens is 1. The highest BCUT2D eigenvalue weighted by Gasteiger charge is 2.09. The molecule has 8 heteroatoms. The third-order valence-corrected chi connectivity index (χ3v) is 3.70. The Bertz CT molecular complexity index is 743. The van der Waals surface area contributed by atoms with Crippen LogP contribution in [0.5, 0.6) is 0 Å². The van der Waals surface area contributed by atoms with E-state index in [9.17, 15) is 13.2 Å². The summed E-state index contributed by atoms with van der Waals surface area (Å²) in [6, 6.07) is 11.6. The first-order valence-electron chi connectivity index (χ1n) is 5.76. The van der Waals surface area contributed by atoms with Gasteiger partial charge in [0, 0.05) is 10.6 Å². The van der Waals surface area contributed by atoms with Gasteiger partial charge in [-0.25, -0.2) is 0 Å². The Morgan fingerprint density at radius 3 is 2.10 bits per heavy atom. The lowest BCUT2D eigenvalue weighted by atomic mass is 10.2. The van der Waals surface area contributed by atoms with Crippen molar-refractivity contribution in [1.82, 2.24) is 5.43 Å². The van der Waals surface area contributed by atoms with E-state index in [4.69, 9.17) is 16.2 Å². The number of hydrogen-bond donors (Lipinski definition) is 3. The molecule has 0 saturated heterocycles. The van der Waals surface area contributed by atoms with Gasteiger partial charge in [-0.2, -0.15) is 8.42 Å². The fourth-order valence-corrected chi connectivity index (χ4v) is 2.12. The van der Waals surface area contributed by atoms with Crippen molar-refractivity contribution in [3.8, 4) is 0 Å². The Labute approximate surface area is 126 Å². The summed E-state index contributed by atoms with van der Waals surface area (Å²) in [5, 5.41) is 0.528. The highest BCUT2D eigenvalue weighted by molar-refractivity contribution is 7.85. The van der Waals surface area contributed by atoms with Gasteiger partial charge in [-0.3, -0.25) is 20.2 Å². The summed E-state index contributed by atoms with van der Waals surface area (Å²) in [7, 11) is -4.23. The number of anilines is 1. The van der Waals surface area contributed by atoms with Crippen LogP contribution in [-0.2, 0) is 10.1 Å². The molecule has 2 aromatic rings. The molecule has 0 bridgehead atoms. The first-order chi connectivity index (χ1) is 9.86. The summed E-state index contributed by atoms with van der Waals surface area (Å²) in [4.78, 5) is 11.6. The van der Waals surface area contributed by atoms with Crippen molar-refractivity contribution in [2.75, 3.05) is 5.43 Å². The van der Waals surface area contributed by atoms with Crippen LogP contribution in [-0.4, -0.2) is 18.9 Å². The summed E-state index contributed by atoms with van der Waals surface area (Å²) in [6.07, 6.45) is 0. The third-order valence-electron chi connectivity index (χ3n) is 2.58. The number of hydrazine groups is 1. The molecule has 0 unspecified atom stereocenters. The normalized spacial score (nSPS) is 11.0. The summed E-state index contributed by atoms with van der Waals surface area (Å²) < 4.78 is 30.6. The maximum Gasteiger partial charge on any atom is 0.294 e. The first-order valence-corrected chi connectivity index (χ1v) is 7.57. The van der Waals surface area contributed by atoms with E-state index >= 15 is 0 Å². The van der Waals surface area contributed by atoms with Gasteiger partial charge in [0.05, 0.1) is 10.6 Å². The number of carbonyl (C=O) groups is 1. The molecule has 0 aromatic heterocycles. The highest BCUT2D eigenvalue weighted by Crippen LogP contribution is 2.13. The van der Waals surface area contributed by atoms with E-state index in [2.05, 4.69) is 10.9 Å². The van der Waals surface area contributed by atoms with Gasteiger partial charge < -0.3 is 0 Å². The van der Waals surface area contributed by atoms with Crippen LogP contribution in [0.1, 0.15) is 10.4 Å². The van der Waals surface area contributed by atoms with Gasteiger partial charge in [-0.15, -0.1) is 0 Å². The van der Waals surface area contributed by atoms with E-state index in [1.807, 2.05) is 0 Å². The number of hydrogen-bond acceptors (Lipinski definition) is 4. The fraction of sp³-hybridized carbons (Fsp3) is 0. The number of benzene rings is 2. The van der Waals surface area contributed by atoms with E-state index in [1.165, 1.54) is 24.3 Å². The second-order valence-corrected chi connectivity index (χ2v) is 5.94. The molecule has 1 amide bonds. The smallest absolute Gasteiger partial charge is 0.294 e. The van der Waals surface area contributed by atoms with Crippen molar-refractivity contribution in [3.05, 3.63) is 59.1 Å². The molecular formula is C13H11ClN2O4S. The van der Waals surface area contributed by atoms with E-state index < -0.39 is 10.1 Å². The lowest BCUT2D eigenvalue weighted by molar-refractivity contribution is 0.0962. The van der Waals surface area contributed by atoms with E-state index in [1.54, 1.807) is 24.3 Å². The number of rotatable bonds is 4. The van der Waals surface area contributed by atoms with E-state index in [0.29, 0.717) is 16.3 Å². The van der Waals surface area contributed by atoms with Crippen molar-refractivity contribution < 1.29 is 17.8 Å². The molecule has 2 aromatic carbocycles. The third kappa shape index (κ3) is 4.19. The van der Waals surface area contributed by atoms with Crippen LogP contribution in [0.25, 0.3) is 0 Å². The Morgan fingerprint density at radius 1 is 1.00 bits per heavy atom. The molecule has 0 heterocycles. The van der Waals surface area contributed by atoms with Gasteiger partial charge in [0.25, 0.3) is 16.0 Å². The zero-order valence-corrected chi connectivity index (χ0v) is 12.1. The maximum atomic E-state index is 11.8. The van der Waals surface area contributed by atoms with Crippen molar-refractivity contribution in [2.24, 2.45) is 0 Å². The molecule has 0 aliphatic rings. The standard InChI is InChI=1S/C13H11ClN2O4S/c14-10-3-1-9(2-4-10)13(17)16-15-11-5-7-12(8-6-11)21(18,19)20/h1-8,15H,(H,16,17)(H,18,19,20). The molecule has 2 rings (SSSR count). The molecule has 21 heavy (non-hydrogen) atoms. The Morgan fingerprint density at radius 2 is 1.57 bits per heavy atom. The van der Waals surface area contributed by atoms with Gasteiger partial charge in [-0.05, 0) is 48.5 Å². The van der Waals surface area contributed by atoms with Crippen molar-refractivity contribution >= 4 is 33.3 Å². The number of carbonyl (C=O) groups excluding carboxylic acids is 1. The van der Waals surface area contributed by atoms with Crippen molar-refractivity contribution in [2.45, 2.75) is 4.90 Å². The fourth-order valence-electron chi connectivity index (χ4n) is 1.51. The van der Waals surface area contributed by atoms with Gasteiger partial charge in [0.15, 0.2) is 0 Å². The van der Waals surface area contributed by atoms with Crippen LogP contribution in [0.2, 0.25) is 5.02 Å². The average Bonchev–Trinajstić information content (AvgIpc) is 2.45. The quantitative estimate of drug-likeness (QED) is 0.592. The number of nitrogens with one attached hydrogen (secondary N) is 2. The van der Waals surface area contributed by atoms with Crippen LogP contribution in [0, 0.1) is 0 Å². The van der Waals surface area contributed by atoms with Gasteiger partial charge in [0.1, 0.15) is 0 Å². The average molecular weight is 327 g/mol. The molecule has 0 fully saturated rings. The van der Waals surface area contributed by atoms with Gasteiger partial charge in [0.2, 0.25) is 0 Å². The second kappa shape index (κ2) is 6.13. The topological polar surface area (TPSA) is 95.5 Å². The summed E-state index contributed by atoms with van der Waals surface area (Å²) in [6.45, 7) is 0. The van der Waals surface area contributed by atoms with Gasteiger partial charge in [-0.1, -0.05) is 11.6 Å². The molecule has 0 aliphatic heterocycles. The Kier molecular flexibility index (Phi) is 4.46. The molecule has 0 spiro atoms. The molecule has 6 nitrogen and oxygen atoms in total. The number of amides is 1. The maximum absolute atomic E-state index is 11.8. The Hall–Kier alpha value is -2.09. The predicted octanol–water partition coefficient (Wildman–Crippen LogP) is 2.34. The second-order valence-electron chi connectivity index (χ2n) is 4.09. The molecular weight excluding hydrogens is 316 g/mol. The minimum atomic E-state index is -4.23. The lowest BCUT2D eigenvalue weighted by Gasteiger charge is -2.09. The minimum Gasteiger partial charge on any atom is -0.298 e.